The molecule has 1 fully saturated rings. The first-order valence-electron chi connectivity index (χ1n) is 8.44. The van der Waals surface area contributed by atoms with Gasteiger partial charge in [0.25, 0.3) is 5.91 Å². The number of likely N-dealkylation sites (N-methyl/N-ethyl adjacent to an activating group) is 1. The molecule has 0 aromatic heterocycles. The second kappa shape index (κ2) is 9.07. The van der Waals surface area contributed by atoms with Crippen LogP contribution in [0.5, 0.6) is 11.5 Å². The highest BCUT2D eigenvalue weighted by Gasteiger charge is 2.28. The van der Waals surface area contributed by atoms with Crippen molar-refractivity contribution in [2.45, 2.75) is 13.5 Å². The Morgan fingerprint density at radius 3 is 2.57 bits per heavy atom. The summed E-state index contributed by atoms with van der Waals surface area (Å²) in [6.45, 7) is 2.61. The number of ether oxygens (including phenoxy) is 2. The van der Waals surface area contributed by atoms with E-state index < -0.39 is 0 Å². The van der Waals surface area contributed by atoms with E-state index in [1.807, 2.05) is 19.1 Å². The summed E-state index contributed by atoms with van der Waals surface area (Å²) in [7, 11) is 1.66. The molecule has 1 heterocycles. The number of hydrogen-bond acceptors (Lipinski definition) is 5. The molecule has 1 amide bonds. The molecule has 0 saturated carbocycles. The van der Waals surface area contributed by atoms with Crippen LogP contribution >= 0.6 is 39.9 Å². The fourth-order valence-electron chi connectivity index (χ4n) is 2.51. The Labute approximate surface area is 180 Å². The van der Waals surface area contributed by atoms with E-state index in [0.717, 1.165) is 11.1 Å². The second-order valence-electron chi connectivity index (χ2n) is 5.92. The standard InChI is InChI=1S/C20H17BrFNO3S2/c1-3-25-16-9-13(10-17-19(24)23(2)20(27)28-17)8-15(21)18(16)26-11-12-4-6-14(22)7-5-12/h4-10H,3,11H2,1-2H3. The third-order valence-corrected chi connectivity index (χ3v) is 5.99. The van der Waals surface area contributed by atoms with Crippen LogP contribution in [0.1, 0.15) is 18.1 Å². The van der Waals surface area contributed by atoms with Crippen LogP contribution in [0.2, 0.25) is 0 Å². The summed E-state index contributed by atoms with van der Waals surface area (Å²) < 4.78 is 25.9. The maximum Gasteiger partial charge on any atom is 0.265 e. The number of hydrogen-bond donors (Lipinski definition) is 0. The average molecular weight is 482 g/mol. The lowest BCUT2D eigenvalue weighted by atomic mass is 10.1. The molecule has 3 rings (SSSR count). The van der Waals surface area contributed by atoms with E-state index in [0.29, 0.717) is 31.8 Å². The number of benzene rings is 2. The van der Waals surface area contributed by atoms with Gasteiger partial charge in [0.2, 0.25) is 0 Å². The predicted octanol–water partition coefficient (Wildman–Crippen LogP) is 5.40. The van der Waals surface area contributed by atoms with E-state index in [1.54, 1.807) is 25.3 Å². The van der Waals surface area contributed by atoms with Crippen molar-refractivity contribution >= 4 is 56.2 Å². The van der Waals surface area contributed by atoms with Gasteiger partial charge in [0.05, 0.1) is 16.0 Å². The van der Waals surface area contributed by atoms with Crippen LogP contribution in [-0.4, -0.2) is 28.8 Å². The molecule has 1 saturated heterocycles. The summed E-state index contributed by atoms with van der Waals surface area (Å²) in [6.07, 6.45) is 1.78. The van der Waals surface area contributed by atoms with Gasteiger partial charge in [-0.25, -0.2) is 4.39 Å². The van der Waals surface area contributed by atoms with E-state index in [1.165, 1.54) is 28.8 Å². The summed E-state index contributed by atoms with van der Waals surface area (Å²) >= 11 is 9.95. The number of nitrogens with zero attached hydrogens (tertiary/aromatic N) is 1. The molecule has 8 heteroatoms. The lowest BCUT2D eigenvalue weighted by Gasteiger charge is -2.15. The van der Waals surface area contributed by atoms with Crippen molar-refractivity contribution < 1.29 is 18.7 Å². The van der Waals surface area contributed by atoms with Gasteiger partial charge in [-0.3, -0.25) is 9.69 Å². The van der Waals surface area contributed by atoms with E-state index in [9.17, 15) is 9.18 Å². The third-order valence-electron chi connectivity index (χ3n) is 3.91. The van der Waals surface area contributed by atoms with Crippen molar-refractivity contribution in [3.63, 3.8) is 0 Å². The fraction of sp³-hybridized carbons (Fsp3) is 0.200. The van der Waals surface area contributed by atoms with Gasteiger partial charge in [-0.1, -0.05) is 36.1 Å². The Hall–Kier alpha value is -1.90. The van der Waals surface area contributed by atoms with Crippen LogP contribution in [-0.2, 0) is 11.4 Å². The zero-order valence-electron chi connectivity index (χ0n) is 15.2. The van der Waals surface area contributed by atoms with Crippen molar-refractivity contribution in [1.82, 2.24) is 4.90 Å². The maximum absolute atomic E-state index is 13.1. The number of thiocarbonyl (C=S) groups is 1. The summed E-state index contributed by atoms with van der Waals surface area (Å²) in [4.78, 5) is 14.2. The van der Waals surface area contributed by atoms with Gasteiger partial charge in [-0.2, -0.15) is 0 Å². The number of amides is 1. The molecule has 0 radical (unpaired) electrons. The maximum atomic E-state index is 13.1. The molecular weight excluding hydrogens is 465 g/mol. The van der Waals surface area contributed by atoms with Gasteiger partial charge >= 0.3 is 0 Å². The van der Waals surface area contributed by atoms with Gasteiger partial charge < -0.3 is 9.47 Å². The highest BCUT2D eigenvalue weighted by molar-refractivity contribution is 9.10. The van der Waals surface area contributed by atoms with Gasteiger partial charge in [-0.05, 0) is 64.3 Å². The largest absolute Gasteiger partial charge is 0.490 e. The number of carbonyl (C=O) groups excluding carboxylic acids is 1. The molecule has 2 aromatic carbocycles. The van der Waals surface area contributed by atoms with Gasteiger partial charge in [-0.15, -0.1) is 0 Å². The number of rotatable bonds is 6. The second-order valence-corrected chi connectivity index (χ2v) is 8.45. The molecule has 0 atom stereocenters. The van der Waals surface area contributed by atoms with Crippen LogP contribution < -0.4 is 9.47 Å². The molecule has 1 aliphatic heterocycles. The first-order chi connectivity index (χ1) is 13.4. The Bertz CT molecular complexity index is 947. The normalized spacial score (nSPS) is 15.4. The molecule has 28 heavy (non-hydrogen) atoms. The van der Waals surface area contributed by atoms with E-state index in [4.69, 9.17) is 21.7 Å². The Kier molecular flexibility index (Phi) is 6.74. The SMILES string of the molecule is CCOc1cc(C=C2SC(=S)N(C)C2=O)cc(Br)c1OCc1ccc(F)cc1. The molecule has 1 aliphatic rings. The van der Waals surface area contributed by atoms with E-state index in [2.05, 4.69) is 15.9 Å². The first kappa shape index (κ1) is 20.8. The van der Waals surface area contributed by atoms with Gasteiger partial charge in [0, 0.05) is 7.05 Å². The molecule has 0 aliphatic carbocycles. The van der Waals surface area contributed by atoms with Crippen LogP contribution in [0.3, 0.4) is 0 Å². The molecule has 146 valence electrons. The van der Waals surface area contributed by atoms with E-state index in [-0.39, 0.29) is 18.3 Å². The van der Waals surface area contributed by atoms with Crippen LogP contribution in [0, 0.1) is 5.82 Å². The quantitative estimate of drug-likeness (QED) is 0.408. The topological polar surface area (TPSA) is 38.8 Å². The van der Waals surface area contributed by atoms with Gasteiger partial charge in [0.15, 0.2) is 11.5 Å². The highest BCUT2D eigenvalue weighted by Crippen LogP contribution is 2.39. The smallest absolute Gasteiger partial charge is 0.265 e. The van der Waals surface area contributed by atoms with Crippen LogP contribution in [0.4, 0.5) is 4.39 Å². The summed E-state index contributed by atoms with van der Waals surface area (Å²) in [5, 5.41) is 0. The van der Waals surface area contributed by atoms with Crippen molar-refractivity contribution in [2.24, 2.45) is 0 Å². The van der Waals surface area contributed by atoms with Crippen LogP contribution in [0.25, 0.3) is 6.08 Å². The van der Waals surface area contributed by atoms with Crippen LogP contribution in [0.15, 0.2) is 45.8 Å². The molecule has 0 N–H and O–H groups in total. The monoisotopic (exact) mass is 481 g/mol. The number of carbonyl (C=O) groups is 1. The summed E-state index contributed by atoms with van der Waals surface area (Å²) in [5.41, 5.74) is 1.63. The number of thioether (sulfide) groups is 1. The molecule has 0 spiro atoms. The minimum Gasteiger partial charge on any atom is -0.490 e. The van der Waals surface area contributed by atoms with Gasteiger partial charge in [0.1, 0.15) is 16.7 Å². The van der Waals surface area contributed by atoms with Crippen molar-refractivity contribution in [3.8, 4) is 11.5 Å². The first-order valence-corrected chi connectivity index (χ1v) is 10.5. The molecule has 0 unspecified atom stereocenters. The van der Waals surface area contributed by atoms with E-state index >= 15 is 0 Å². The van der Waals surface area contributed by atoms with Crippen molar-refractivity contribution in [3.05, 3.63) is 62.7 Å². The zero-order valence-corrected chi connectivity index (χ0v) is 18.4. The molecule has 4 nitrogen and oxygen atoms in total. The Morgan fingerprint density at radius 1 is 1.25 bits per heavy atom. The molecule has 0 bridgehead atoms. The predicted molar refractivity (Wildman–Crippen MR) is 117 cm³/mol. The highest BCUT2D eigenvalue weighted by atomic mass is 79.9. The fourth-order valence-corrected chi connectivity index (χ4v) is 4.26. The minimum atomic E-state index is -0.290. The Morgan fingerprint density at radius 2 is 1.96 bits per heavy atom. The Balaban J connectivity index is 1.86. The zero-order chi connectivity index (χ0) is 20.3. The molecule has 2 aromatic rings. The molecular formula is C20H17BrFNO3S2. The summed E-state index contributed by atoms with van der Waals surface area (Å²) in [6, 6.07) is 9.80. The lowest BCUT2D eigenvalue weighted by molar-refractivity contribution is -0.121. The average Bonchev–Trinajstić information content (AvgIpc) is 2.89. The minimum absolute atomic E-state index is 0.124. The lowest BCUT2D eigenvalue weighted by Crippen LogP contribution is -2.22. The third kappa shape index (κ3) is 4.74. The summed E-state index contributed by atoms with van der Waals surface area (Å²) in [5.74, 6) is 0.686. The number of halogens is 2. The van der Waals surface area contributed by atoms with Crippen molar-refractivity contribution in [2.75, 3.05) is 13.7 Å². The van der Waals surface area contributed by atoms with Crippen molar-refractivity contribution in [1.29, 1.82) is 0 Å².